The predicted molar refractivity (Wildman–Crippen MR) is 113 cm³/mol. The van der Waals surface area contributed by atoms with Gasteiger partial charge in [0.25, 0.3) is 0 Å². The number of hydrogen-bond acceptors (Lipinski definition) is 0. The van der Waals surface area contributed by atoms with E-state index in [4.69, 9.17) is 0 Å². The van der Waals surface area contributed by atoms with E-state index in [-0.39, 0.29) is 26.2 Å². The summed E-state index contributed by atoms with van der Waals surface area (Å²) in [4.78, 5) is 0. The predicted octanol–water partition coefficient (Wildman–Crippen LogP) is 5.90. The molecule has 0 aromatic heterocycles. The smallest absolute Gasteiger partial charge is 4.00 e. The Morgan fingerprint density at radius 1 is 0.792 bits per heavy atom. The number of allylic oxidation sites excluding steroid dienone is 4. The molecule has 0 radical (unpaired) electrons. The Morgan fingerprint density at radius 3 is 1.21 bits per heavy atom. The van der Waals surface area contributed by atoms with Crippen LogP contribution in [-0.4, -0.2) is 53.6 Å². The van der Waals surface area contributed by atoms with Crippen molar-refractivity contribution in [2.45, 2.75) is 59.5 Å². The monoisotopic (exact) mass is 475 g/mol. The zero-order chi connectivity index (χ0) is 18.3. The molecule has 1 aliphatic rings. The molecule has 0 aliphatic heterocycles. The molecule has 3 nitrogen and oxygen atoms in total. The second-order valence-electron chi connectivity index (χ2n) is 4.96. The van der Waals surface area contributed by atoms with Crippen molar-refractivity contribution in [2.75, 3.05) is 39.3 Å². The van der Waals surface area contributed by atoms with Crippen LogP contribution in [0, 0.1) is 6.08 Å². The molecule has 0 saturated heterocycles. The SMILES string of the molecule is CC[N-]CC.CC[N-]CC.CC[N-]CC.[CH3][GeH]([CH3])[C]1=[C-]CC=C1.[Zr+4]. The second-order valence-corrected chi connectivity index (χ2v) is 11.1. The molecule has 0 N–H and O–H groups in total. The van der Waals surface area contributed by atoms with Gasteiger partial charge >= 0.3 is 81.1 Å². The summed E-state index contributed by atoms with van der Waals surface area (Å²) in [5, 5.41) is 11.9. The Labute approximate surface area is 177 Å². The van der Waals surface area contributed by atoms with Gasteiger partial charge < -0.3 is 16.0 Å². The van der Waals surface area contributed by atoms with Crippen molar-refractivity contribution in [1.82, 2.24) is 0 Å². The normalized spacial score (nSPS) is 11.1. The van der Waals surface area contributed by atoms with Gasteiger partial charge in [-0.15, -0.1) is 0 Å². The topological polar surface area (TPSA) is 42.3 Å². The maximum absolute atomic E-state index is 3.97. The van der Waals surface area contributed by atoms with Crippen LogP contribution in [0.2, 0.25) is 11.5 Å². The van der Waals surface area contributed by atoms with Gasteiger partial charge in [0.15, 0.2) is 0 Å². The molecular formula is C19H41GeN3Zr. The van der Waals surface area contributed by atoms with Crippen molar-refractivity contribution in [3.05, 3.63) is 38.6 Å². The van der Waals surface area contributed by atoms with Crippen molar-refractivity contribution in [3.8, 4) is 0 Å². The molecule has 5 heteroatoms. The van der Waals surface area contributed by atoms with E-state index in [0.29, 0.717) is 0 Å². The first-order chi connectivity index (χ1) is 11.0. The van der Waals surface area contributed by atoms with Crippen molar-refractivity contribution >= 4 is 14.3 Å². The molecule has 0 atom stereocenters. The summed E-state index contributed by atoms with van der Waals surface area (Å²) >= 11 is -0.912. The molecule has 0 heterocycles. The third-order valence-corrected chi connectivity index (χ3v) is 6.13. The van der Waals surface area contributed by atoms with Crippen LogP contribution < -0.4 is 0 Å². The summed E-state index contributed by atoms with van der Waals surface area (Å²) in [6, 6.07) is 0. The van der Waals surface area contributed by atoms with E-state index in [1.54, 1.807) is 4.41 Å². The van der Waals surface area contributed by atoms with Crippen LogP contribution in [0.5, 0.6) is 0 Å². The van der Waals surface area contributed by atoms with E-state index in [1.807, 2.05) is 41.5 Å². The van der Waals surface area contributed by atoms with E-state index in [2.05, 4.69) is 45.7 Å². The average Bonchev–Trinajstić information content (AvgIpc) is 3.06. The fraction of sp³-hybridized carbons (Fsp3) is 0.789. The molecule has 1 rings (SSSR count). The van der Waals surface area contributed by atoms with Crippen LogP contribution >= 0.6 is 0 Å². The maximum atomic E-state index is 3.97. The van der Waals surface area contributed by atoms with E-state index in [9.17, 15) is 0 Å². The minimum Gasteiger partial charge on any atom is 4.00 e. The van der Waals surface area contributed by atoms with Gasteiger partial charge in [0.1, 0.15) is 0 Å². The van der Waals surface area contributed by atoms with Gasteiger partial charge in [-0.3, -0.25) is 0 Å². The molecule has 1 aliphatic carbocycles. The number of hydrogen-bond donors (Lipinski definition) is 0. The maximum Gasteiger partial charge on any atom is 4.00 e. The van der Waals surface area contributed by atoms with Crippen molar-refractivity contribution < 1.29 is 26.2 Å². The van der Waals surface area contributed by atoms with E-state index in [1.165, 1.54) is 0 Å². The Kier molecular flexibility index (Phi) is 42.7. The van der Waals surface area contributed by atoms with E-state index in [0.717, 1.165) is 45.7 Å². The van der Waals surface area contributed by atoms with E-state index < -0.39 is 14.3 Å². The first kappa shape index (κ1) is 32.5. The molecule has 0 aromatic carbocycles. The Morgan fingerprint density at radius 2 is 1.12 bits per heavy atom. The summed E-state index contributed by atoms with van der Waals surface area (Å²) in [5.74, 6) is 4.76. The molecule has 0 fully saturated rings. The first-order valence-corrected chi connectivity index (χ1v) is 15.3. The van der Waals surface area contributed by atoms with Crippen LogP contribution in [0.1, 0.15) is 48.0 Å². The van der Waals surface area contributed by atoms with Gasteiger partial charge in [0.05, 0.1) is 0 Å². The van der Waals surface area contributed by atoms with Crippen molar-refractivity contribution in [1.29, 1.82) is 0 Å². The van der Waals surface area contributed by atoms with Gasteiger partial charge in [-0.2, -0.15) is 39.3 Å². The van der Waals surface area contributed by atoms with E-state index >= 15 is 0 Å². The molecule has 0 spiro atoms. The van der Waals surface area contributed by atoms with Gasteiger partial charge in [-0.05, 0) is 0 Å². The average molecular weight is 475 g/mol. The molecule has 0 amide bonds. The summed E-state index contributed by atoms with van der Waals surface area (Å²) < 4.78 is 1.55. The van der Waals surface area contributed by atoms with Gasteiger partial charge in [0.2, 0.25) is 0 Å². The van der Waals surface area contributed by atoms with Crippen LogP contribution in [0.4, 0.5) is 0 Å². The zero-order valence-electron chi connectivity index (χ0n) is 17.5. The van der Waals surface area contributed by atoms with Gasteiger partial charge in [-0.25, -0.2) is 0 Å². The fourth-order valence-electron chi connectivity index (χ4n) is 1.49. The fourth-order valence-corrected chi connectivity index (χ4v) is 3.69. The molecule has 24 heavy (non-hydrogen) atoms. The summed E-state index contributed by atoms with van der Waals surface area (Å²) in [5.41, 5.74) is 0. The summed E-state index contributed by atoms with van der Waals surface area (Å²) in [6.07, 6.45) is 8.85. The third kappa shape index (κ3) is 34.2. The Bertz CT molecular complexity index is 237. The molecule has 0 unspecified atom stereocenters. The van der Waals surface area contributed by atoms with Crippen LogP contribution in [-0.2, 0) is 26.2 Å². The van der Waals surface area contributed by atoms with Crippen molar-refractivity contribution in [2.24, 2.45) is 0 Å². The Hall–Kier alpha value is 0.786. The molecule has 0 saturated carbocycles. The van der Waals surface area contributed by atoms with Crippen LogP contribution in [0.15, 0.2) is 16.6 Å². The standard InChI is InChI=1S/C7H11Ge.3C4H10N.Zr/c1-8(2)7-5-3-4-6-7;3*1-3-5-4-2;/h3,5,8H,4H2,1-2H3;3*3-4H2,1-2H3;/q4*-1;+4. The van der Waals surface area contributed by atoms with Gasteiger partial charge in [0, 0.05) is 0 Å². The molecule has 140 valence electrons. The molecular weight excluding hydrogens is 434 g/mol. The van der Waals surface area contributed by atoms with Crippen LogP contribution in [0.25, 0.3) is 16.0 Å². The first-order valence-electron chi connectivity index (χ1n) is 9.22. The number of rotatable bonds is 7. The second kappa shape index (κ2) is 31.5. The summed E-state index contributed by atoms with van der Waals surface area (Å²) in [6.45, 7) is 18.1. The quantitative estimate of drug-likeness (QED) is 0.325. The minimum absolute atomic E-state index is 0. The number of nitrogens with zero attached hydrogens (tertiary/aromatic N) is 3. The van der Waals surface area contributed by atoms with Crippen LogP contribution in [0.3, 0.4) is 0 Å². The molecule has 0 aromatic rings. The third-order valence-electron chi connectivity index (χ3n) is 2.69. The zero-order valence-corrected chi connectivity index (χ0v) is 22.4. The largest absolute Gasteiger partial charge is 4.00 e. The molecule has 0 bridgehead atoms. The Balaban J connectivity index is -0.000000113. The van der Waals surface area contributed by atoms with Gasteiger partial charge in [-0.1, -0.05) is 41.5 Å². The minimum atomic E-state index is -0.912. The summed E-state index contributed by atoms with van der Waals surface area (Å²) in [7, 11) is 0. The van der Waals surface area contributed by atoms with Crippen molar-refractivity contribution in [3.63, 3.8) is 0 Å².